The minimum atomic E-state index is -2.34. The van der Waals surface area contributed by atoms with Gasteiger partial charge < -0.3 is 5.11 Å². The quantitative estimate of drug-likeness (QED) is 0.816. The molecule has 0 aromatic heterocycles. The lowest BCUT2D eigenvalue weighted by Crippen LogP contribution is -2.30. The van der Waals surface area contributed by atoms with Crippen LogP contribution in [0.25, 0.3) is 0 Å². The molecule has 0 bridgehead atoms. The molecule has 0 aliphatic carbocycles. The number of hydrogen-bond donors (Lipinski definition) is 1. The summed E-state index contributed by atoms with van der Waals surface area (Å²) in [5.41, 5.74) is 0.835. The molecular formula is C11H14BrF2NO. The van der Waals surface area contributed by atoms with E-state index in [-0.39, 0.29) is 12.3 Å². The highest BCUT2D eigenvalue weighted by Crippen LogP contribution is 2.13. The van der Waals surface area contributed by atoms with E-state index in [2.05, 4.69) is 15.9 Å². The van der Waals surface area contributed by atoms with Crippen molar-refractivity contribution in [3.05, 3.63) is 29.8 Å². The van der Waals surface area contributed by atoms with Crippen LogP contribution in [0.1, 0.15) is 5.56 Å². The number of rotatable bonds is 6. The Bertz CT molecular complexity index is 323. The Morgan fingerprint density at radius 2 is 2.12 bits per heavy atom. The maximum Gasteiger partial charge on any atom is 0.251 e. The van der Waals surface area contributed by atoms with Gasteiger partial charge in [0.25, 0.3) is 6.43 Å². The Morgan fingerprint density at radius 3 is 2.69 bits per heavy atom. The zero-order valence-corrected chi connectivity index (χ0v) is 10.3. The minimum Gasteiger partial charge on any atom is -0.508 e. The van der Waals surface area contributed by atoms with Crippen molar-refractivity contribution in [2.24, 2.45) is 0 Å². The van der Waals surface area contributed by atoms with Crippen LogP contribution in [-0.4, -0.2) is 34.9 Å². The van der Waals surface area contributed by atoms with Gasteiger partial charge >= 0.3 is 0 Å². The van der Waals surface area contributed by atoms with Gasteiger partial charge in [0.05, 0.1) is 6.54 Å². The van der Waals surface area contributed by atoms with E-state index in [0.29, 0.717) is 18.4 Å². The van der Waals surface area contributed by atoms with Crippen molar-refractivity contribution in [1.29, 1.82) is 0 Å². The first-order valence-electron chi connectivity index (χ1n) is 4.96. The number of halogens is 3. The average Bonchev–Trinajstić information content (AvgIpc) is 2.16. The Kier molecular flexibility index (Phi) is 5.69. The lowest BCUT2D eigenvalue weighted by molar-refractivity contribution is 0.0881. The van der Waals surface area contributed by atoms with Crippen molar-refractivity contribution in [3.8, 4) is 5.75 Å². The van der Waals surface area contributed by atoms with Crippen LogP contribution in [0.2, 0.25) is 0 Å². The molecule has 2 nitrogen and oxygen atoms in total. The van der Waals surface area contributed by atoms with Crippen LogP contribution in [0.4, 0.5) is 8.78 Å². The second-order valence-electron chi connectivity index (χ2n) is 3.49. The number of nitrogens with zero attached hydrogens (tertiary/aromatic N) is 1. The Morgan fingerprint density at radius 1 is 1.38 bits per heavy atom. The molecule has 0 amide bonds. The maximum atomic E-state index is 12.3. The third kappa shape index (κ3) is 4.90. The molecule has 0 heterocycles. The van der Waals surface area contributed by atoms with E-state index in [1.807, 2.05) is 6.07 Å². The van der Waals surface area contributed by atoms with E-state index in [1.54, 1.807) is 23.1 Å². The van der Waals surface area contributed by atoms with Gasteiger partial charge in [-0.25, -0.2) is 8.78 Å². The van der Waals surface area contributed by atoms with Crippen LogP contribution in [0.5, 0.6) is 5.75 Å². The summed E-state index contributed by atoms with van der Waals surface area (Å²) in [6, 6.07) is 6.67. The predicted molar refractivity (Wildman–Crippen MR) is 63.2 cm³/mol. The van der Waals surface area contributed by atoms with Gasteiger partial charge in [-0.2, -0.15) is 0 Å². The standard InChI is InChI=1S/C11H14BrF2NO/c12-4-5-15(8-11(13)14)7-9-2-1-3-10(16)6-9/h1-3,6,11,16H,4-5,7-8H2. The zero-order valence-electron chi connectivity index (χ0n) is 8.74. The number of phenols is 1. The summed E-state index contributed by atoms with van der Waals surface area (Å²) >= 11 is 3.23. The molecule has 0 atom stereocenters. The molecule has 0 radical (unpaired) electrons. The van der Waals surface area contributed by atoms with Crippen LogP contribution >= 0.6 is 15.9 Å². The Hall–Kier alpha value is -0.680. The smallest absolute Gasteiger partial charge is 0.251 e. The third-order valence-electron chi connectivity index (χ3n) is 2.11. The van der Waals surface area contributed by atoms with Gasteiger partial charge in [-0.1, -0.05) is 28.1 Å². The summed E-state index contributed by atoms with van der Waals surface area (Å²) in [6.07, 6.45) is -2.34. The number of benzene rings is 1. The first-order chi connectivity index (χ1) is 7.61. The Labute approximate surface area is 102 Å². The second kappa shape index (κ2) is 6.81. The summed E-state index contributed by atoms with van der Waals surface area (Å²) in [4.78, 5) is 1.65. The fourth-order valence-electron chi connectivity index (χ4n) is 1.46. The molecule has 1 N–H and O–H groups in total. The molecule has 16 heavy (non-hydrogen) atoms. The first kappa shape index (κ1) is 13.4. The highest BCUT2D eigenvalue weighted by Gasteiger charge is 2.11. The lowest BCUT2D eigenvalue weighted by Gasteiger charge is -2.20. The summed E-state index contributed by atoms with van der Waals surface area (Å²) < 4.78 is 24.6. The molecule has 0 aliphatic rings. The van der Waals surface area contributed by atoms with Crippen LogP contribution in [-0.2, 0) is 6.54 Å². The molecular weight excluding hydrogens is 280 g/mol. The largest absolute Gasteiger partial charge is 0.508 e. The normalized spacial score (nSPS) is 11.3. The van der Waals surface area contributed by atoms with E-state index in [0.717, 1.165) is 5.56 Å². The second-order valence-corrected chi connectivity index (χ2v) is 4.28. The monoisotopic (exact) mass is 293 g/mol. The lowest BCUT2D eigenvalue weighted by atomic mass is 10.2. The maximum absolute atomic E-state index is 12.3. The summed E-state index contributed by atoms with van der Waals surface area (Å²) in [5, 5.41) is 9.91. The number of alkyl halides is 3. The van der Waals surface area contributed by atoms with E-state index in [4.69, 9.17) is 0 Å². The highest BCUT2D eigenvalue weighted by atomic mass is 79.9. The average molecular weight is 294 g/mol. The van der Waals surface area contributed by atoms with Gasteiger partial charge in [-0.3, -0.25) is 4.90 Å². The highest BCUT2D eigenvalue weighted by molar-refractivity contribution is 9.09. The molecule has 0 saturated carbocycles. The number of phenolic OH excluding ortho intramolecular Hbond substituents is 1. The molecule has 0 spiro atoms. The third-order valence-corrected chi connectivity index (χ3v) is 2.47. The number of hydrogen-bond acceptors (Lipinski definition) is 2. The van der Waals surface area contributed by atoms with E-state index < -0.39 is 6.43 Å². The fraction of sp³-hybridized carbons (Fsp3) is 0.455. The fourth-order valence-corrected chi connectivity index (χ4v) is 1.96. The number of aromatic hydroxyl groups is 1. The van der Waals surface area contributed by atoms with E-state index in [1.165, 1.54) is 0 Å². The molecule has 1 aromatic rings. The molecule has 5 heteroatoms. The summed E-state index contributed by atoms with van der Waals surface area (Å²) in [5.74, 6) is 0.160. The minimum absolute atomic E-state index is 0.160. The van der Waals surface area contributed by atoms with Crippen molar-refractivity contribution in [1.82, 2.24) is 4.90 Å². The molecule has 0 unspecified atom stereocenters. The van der Waals surface area contributed by atoms with Crippen LogP contribution < -0.4 is 0 Å². The van der Waals surface area contributed by atoms with Crippen molar-refractivity contribution >= 4 is 15.9 Å². The van der Waals surface area contributed by atoms with Crippen LogP contribution in [0.3, 0.4) is 0 Å². The van der Waals surface area contributed by atoms with Gasteiger partial charge in [0.2, 0.25) is 0 Å². The van der Waals surface area contributed by atoms with E-state index >= 15 is 0 Å². The summed E-state index contributed by atoms with van der Waals surface area (Å²) in [6.45, 7) is 0.728. The first-order valence-corrected chi connectivity index (χ1v) is 6.08. The molecule has 0 fully saturated rings. The van der Waals surface area contributed by atoms with Gasteiger partial charge in [0.15, 0.2) is 0 Å². The summed E-state index contributed by atoms with van der Waals surface area (Å²) in [7, 11) is 0. The zero-order chi connectivity index (χ0) is 12.0. The van der Waals surface area contributed by atoms with Crippen LogP contribution in [0, 0.1) is 0 Å². The predicted octanol–water partition coefficient (Wildman–Crippen LogP) is 2.85. The Balaban J connectivity index is 2.60. The van der Waals surface area contributed by atoms with Gasteiger partial charge in [0, 0.05) is 18.4 Å². The molecule has 0 aliphatic heterocycles. The van der Waals surface area contributed by atoms with Gasteiger partial charge in [-0.15, -0.1) is 0 Å². The van der Waals surface area contributed by atoms with Crippen LogP contribution in [0.15, 0.2) is 24.3 Å². The molecule has 0 saturated heterocycles. The molecule has 90 valence electrons. The topological polar surface area (TPSA) is 23.5 Å². The SMILES string of the molecule is Oc1cccc(CN(CCBr)CC(F)F)c1. The van der Waals surface area contributed by atoms with Crippen molar-refractivity contribution in [2.75, 3.05) is 18.4 Å². The van der Waals surface area contributed by atoms with Crippen molar-refractivity contribution in [3.63, 3.8) is 0 Å². The van der Waals surface area contributed by atoms with Gasteiger partial charge in [0.1, 0.15) is 5.75 Å². The van der Waals surface area contributed by atoms with E-state index in [9.17, 15) is 13.9 Å². The molecule has 1 aromatic carbocycles. The van der Waals surface area contributed by atoms with Crippen molar-refractivity contribution < 1.29 is 13.9 Å². The van der Waals surface area contributed by atoms with Crippen molar-refractivity contribution in [2.45, 2.75) is 13.0 Å². The molecule has 1 rings (SSSR count). The van der Waals surface area contributed by atoms with Gasteiger partial charge in [-0.05, 0) is 17.7 Å².